The highest BCUT2D eigenvalue weighted by Crippen LogP contribution is 2.28. The monoisotopic (exact) mass is 374 g/mol. The Balaban J connectivity index is 1.30. The normalized spacial score (nSPS) is 27.1. The number of hydrogen-bond acceptors (Lipinski definition) is 5. The average Bonchev–Trinajstić information content (AvgIpc) is 3.39. The molecule has 2 N–H and O–H groups in total. The van der Waals surface area contributed by atoms with Gasteiger partial charge in [0.2, 0.25) is 11.8 Å². The first kappa shape index (κ1) is 18.4. The molecule has 4 rings (SSSR count). The Hall–Kier alpha value is -1.96. The summed E-state index contributed by atoms with van der Waals surface area (Å²) < 4.78 is 0. The van der Waals surface area contributed by atoms with Crippen LogP contribution in [-0.4, -0.2) is 76.1 Å². The zero-order chi connectivity index (χ0) is 18.8. The summed E-state index contributed by atoms with van der Waals surface area (Å²) in [5.41, 5.74) is 0. The molecule has 4 heterocycles. The maximum absolute atomic E-state index is 13.0. The molecule has 148 valence electrons. The molecule has 1 aromatic rings. The SMILES string of the molecule is Cc1nc(C2CCN(C(=O)[C@@H]3CNC[C@@H](C(=O)N4CCCC4)C3)CC2)n[nH]1. The number of aromatic nitrogens is 3. The number of aromatic amines is 1. The molecular weight excluding hydrogens is 344 g/mol. The van der Waals surface area contributed by atoms with Crippen molar-refractivity contribution in [1.29, 1.82) is 0 Å². The Kier molecular flexibility index (Phi) is 5.43. The van der Waals surface area contributed by atoms with Crippen LogP contribution < -0.4 is 5.32 Å². The summed E-state index contributed by atoms with van der Waals surface area (Å²) >= 11 is 0. The zero-order valence-corrected chi connectivity index (χ0v) is 16.1. The molecule has 3 aliphatic heterocycles. The van der Waals surface area contributed by atoms with Crippen molar-refractivity contribution in [2.45, 2.75) is 44.9 Å². The van der Waals surface area contributed by atoms with E-state index in [0.717, 1.165) is 63.5 Å². The molecule has 2 atom stereocenters. The minimum atomic E-state index is -0.0855. The van der Waals surface area contributed by atoms with Crippen LogP contribution in [0.1, 0.15) is 49.7 Å². The number of carbonyl (C=O) groups is 2. The van der Waals surface area contributed by atoms with Gasteiger partial charge in [0.15, 0.2) is 5.82 Å². The zero-order valence-electron chi connectivity index (χ0n) is 16.1. The number of amides is 2. The molecule has 3 fully saturated rings. The van der Waals surface area contributed by atoms with Crippen LogP contribution in [0.25, 0.3) is 0 Å². The van der Waals surface area contributed by atoms with E-state index in [1.165, 1.54) is 0 Å². The molecule has 0 spiro atoms. The van der Waals surface area contributed by atoms with Gasteiger partial charge >= 0.3 is 0 Å². The molecule has 3 saturated heterocycles. The fourth-order valence-electron chi connectivity index (χ4n) is 4.67. The molecule has 8 nitrogen and oxygen atoms in total. The lowest BCUT2D eigenvalue weighted by Crippen LogP contribution is -2.50. The Morgan fingerprint density at radius 2 is 1.56 bits per heavy atom. The standard InChI is InChI=1S/C19H30N6O2/c1-13-21-17(23-22-13)14-4-8-25(9-5-14)19(27)16-10-15(11-20-12-16)18(26)24-6-2-3-7-24/h14-16,20H,2-12H2,1H3,(H,21,22,23)/t15-,16-/m0/s1. The van der Waals surface area contributed by atoms with Crippen LogP contribution >= 0.6 is 0 Å². The molecule has 1 aromatic heterocycles. The highest BCUT2D eigenvalue weighted by atomic mass is 16.2. The van der Waals surface area contributed by atoms with E-state index in [2.05, 4.69) is 20.5 Å². The number of aryl methyl sites for hydroxylation is 1. The van der Waals surface area contributed by atoms with Gasteiger partial charge in [-0.3, -0.25) is 14.7 Å². The van der Waals surface area contributed by atoms with Crippen molar-refractivity contribution in [2.24, 2.45) is 11.8 Å². The van der Waals surface area contributed by atoms with Crippen molar-refractivity contribution in [3.63, 3.8) is 0 Å². The fourth-order valence-corrected chi connectivity index (χ4v) is 4.67. The van der Waals surface area contributed by atoms with Crippen LogP contribution in [0.4, 0.5) is 0 Å². The van der Waals surface area contributed by atoms with Crippen LogP contribution in [0.2, 0.25) is 0 Å². The van der Waals surface area contributed by atoms with Gasteiger partial charge in [0.1, 0.15) is 5.82 Å². The molecule has 0 unspecified atom stereocenters. The molecule has 0 aliphatic carbocycles. The second kappa shape index (κ2) is 7.96. The number of piperidine rings is 2. The van der Waals surface area contributed by atoms with E-state index in [1.807, 2.05) is 16.7 Å². The van der Waals surface area contributed by atoms with E-state index in [4.69, 9.17) is 0 Å². The van der Waals surface area contributed by atoms with Crippen LogP contribution in [0.5, 0.6) is 0 Å². The molecule has 0 aromatic carbocycles. The van der Waals surface area contributed by atoms with Gasteiger partial charge in [-0.2, -0.15) is 5.10 Å². The molecule has 0 bridgehead atoms. The number of H-pyrrole nitrogens is 1. The number of nitrogens with zero attached hydrogens (tertiary/aromatic N) is 4. The molecule has 8 heteroatoms. The molecular formula is C19H30N6O2. The van der Waals surface area contributed by atoms with Crippen molar-refractivity contribution in [1.82, 2.24) is 30.3 Å². The van der Waals surface area contributed by atoms with Crippen LogP contribution in [-0.2, 0) is 9.59 Å². The van der Waals surface area contributed by atoms with E-state index in [9.17, 15) is 9.59 Å². The molecule has 27 heavy (non-hydrogen) atoms. The van der Waals surface area contributed by atoms with Crippen LogP contribution in [0.3, 0.4) is 0 Å². The summed E-state index contributed by atoms with van der Waals surface area (Å²) in [4.78, 5) is 34.1. The van der Waals surface area contributed by atoms with Gasteiger partial charge in [0.05, 0.1) is 11.8 Å². The number of likely N-dealkylation sites (tertiary alicyclic amines) is 2. The van der Waals surface area contributed by atoms with E-state index < -0.39 is 0 Å². The quantitative estimate of drug-likeness (QED) is 0.811. The lowest BCUT2D eigenvalue weighted by molar-refractivity contribution is -0.140. The second-order valence-corrected chi connectivity index (χ2v) is 8.20. The summed E-state index contributed by atoms with van der Waals surface area (Å²) in [7, 11) is 0. The fraction of sp³-hybridized carbons (Fsp3) is 0.789. The predicted molar refractivity (Wildman–Crippen MR) is 100.0 cm³/mol. The van der Waals surface area contributed by atoms with Crippen LogP contribution in [0.15, 0.2) is 0 Å². The van der Waals surface area contributed by atoms with E-state index in [-0.39, 0.29) is 23.7 Å². The average molecular weight is 374 g/mol. The van der Waals surface area contributed by atoms with Gasteiger partial charge in [0.25, 0.3) is 0 Å². The van der Waals surface area contributed by atoms with Gasteiger partial charge in [-0.25, -0.2) is 4.98 Å². The van der Waals surface area contributed by atoms with Crippen molar-refractivity contribution < 1.29 is 9.59 Å². The highest BCUT2D eigenvalue weighted by Gasteiger charge is 2.36. The Morgan fingerprint density at radius 3 is 2.11 bits per heavy atom. The lowest BCUT2D eigenvalue weighted by atomic mass is 9.87. The maximum Gasteiger partial charge on any atom is 0.226 e. The first-order valence-corrected chi connectivity index (χ1v) is 10.3. The first-order valence-electron chi connectivity index (χ1n) is 10.3. The van der Waals surface area contributed by atoms with Crippen molar-refractivity contribution in [2.75, 3.05) is 39.3 Å². The number of carbonyl (C=O) groups excluding carboxylic acids is 2. The molecule has 2 amide bonds. The van der Waals surface area contributed by atoms with Crippen molar-refractivity contribution in [3.05, 3.63) is 11.6 Å². The van der Waals surface area contributed by atoms with E-state index >= 15 is 0 Å². The topological polar surface area (TPSA) is 94.2 Å². The highest BCUT2D eigenvalue weighted by molar-refractivity contribution is 5.83. The Bertz CT molecular complexity index is 675. The number of nitrogens with one attached hydrogen (secondary N) is 2. The smallest absolute Gasteiger partial charge is 0.226 e. The molecule has 3 aliphatic rings. The third kappa shape index (κ3) is 4.00. The van der Waals surface area contributed by atoms with Gasteiger partial charge in [0, 0.05) is 45.2 Å². The molecule has 0 radical (unpaired) electrons. The Labute approximate surface area is 160 Å². The largest absolute Gasteiger partial charge is 0.342 e. The number of hydrogen-bond donors (Lipinski definition) is 2. The lowest BCUT2D eigenvalue weighted by Gasteiger charge is -2.36. The maximum atomic E-state index is 13.0. The van der Waals surface area contributed by atoms with Gasteiger partial charge < -0.3 is 15.1 Å². The molecule has 0 saturated carbocycles. The van der Waals surface area contributed by atoms with E-state index in [0.29, 0.717) is 25.4 Å². The van der Waals surface area contributed by atoms with Gasteiger partial charge in [-0.05, 0) is 39.0 Å². The Morgan fingerprint density at radius 1 is 0.963 bits per heavy atom. The summed E-state index contributed by atoms with van der Waals surface area (Å²) in [6, 6.07) is 0. The summed E-state index contributed by atoms with van der Waals surface area (Å²) in [6.07, 6.45) is 4.70. The van der Waals surface area contributed by atoms with Gasteiger partial charge in [-0.1, -0.05) is 0 Å². The van der Waals surface area contributed by atoms with Crippen LogP contribution in [0, 0.1) is 18.8 Å². The van der Waals surface area contributed by atoms with Gasteiger partial charge in [-0.15, -0.1) is 0 Å². The first-order chi connectivity index (χ1) is 13.1. The minimum absolute atomic E-state index is 0.0560. The summed E-state index contributed by atoms with van der Waals surface area (Å²) in [6.45, 7) is 6.54. The number of rotatable bonds is 3. The third-order valence-corrected chi connectivity index (χ3v) is 6.25. The second-order valence-electron chi connectivity index (χ2n) is 8.20. The summed E-state index contributed by atoms with van der Waals surface area (Å²) in [5, 5.41) is 10.5. The van der Waals surface area contributed by atoms with Crippen molar-refractivity contribution in [3.8, 4) is 0 Å². The third-order valence-electron chi connectivity index (χ3n) is 6.25. The van der Waals surface area contributed by atoms with Crippen molar-refractivity contribution >= 4 is 11.8 Å². The summed E-state index contributed by atoms with van der Waals surface area (Å²) in [5.74, 6) is 2.33. The minimum Gasteiger partial charge on any atom is -0.342 e. The van der Waals surface area contributed by atoms with E-state index in [1.54, 1.807) is 0 Å². The predicted octanol–water partition coefficient (Wildman–Crippen LogP) is 0.667.